The van der Waals surface area contributed by atoms with Gasteiger partial charge in [-0.05, 0) is 18.6 Å². The lowest BCUT2D eigenvalue weighted by Gasteiger charge is -2.33. The van der Waals surface area contributed by atoms with Crippen LogP contribution < -0.4 is 4.90 Å². The molecule has 0 aromatic carbocycles. The summed E-state index contributed by atoms with van der Waals surface area (Å²) in [6, 6.07) is 5.74. The second-order valence-corrected chi connectivity index (χ2v) is 6.81. The van der Waals surface area contributed by atoms with Crippen molar-refractivity contribution in [2.75, 3.05) is 31.1 Å². The Kier molecular flexibility index (Phi) is 5.99. The van der Waals surface area contributed by atoms with E-state index in [2.05, 4.69) is 21.7 Å². The molecule has 0 spiro atoms. The van der Waals surface area contributed by atoms with Crippen LogP contribution in [0.5, 0.6) is 0 Å². The lowest BCUT2D eigenvalue weighted by molar-refractivity contribution is 0.389. The fourth-order valence-electron chi connectivity index (χ4n) is 2.17. The second kappa shape index (κ2) is 7.97. The van der Waals surface area contributed by atoms with Gasteiger partial charge in [0.15, 0.2) is 0 Å². The number of rotatable bonds is 4. The van der Waals surface area contributed by atoms with Crippen LogP contribution in [0.1, 0.15) is 19.8 Å². The lowest BCUT2D eigenvalue weighted by Crippen LogP contribution is -2.48. The Morgan fingerprint density at radius 1 is 1.27 bits per heavy atom. The molecule has 2 heterocycles. The maximum atomic E-state index is 12.2. The molecule has 0 radical (unpaired) electrons. The molecule has 0 saturated carbocycles. The summed E-state index contributed by atoms with van der Waals surface area (Å²) >= 11 is 0. The summed E-state index contributed by atoms with van der Waals surface area (Å²) in [6.07, 6.45) is 4.93. The van der Waals surface area contributed by atoms with Crippen molar-refractivity contribution in [1.29, 1.82) is 0 Å². The van der Waals surface area contributed by atoms with Crippen LogP contribution in [0.15, 0.2) is 35.9 Å². The maximum absolute atomic E-state index is 12.2. The van der Waals surface area contributed by atoms with E-state index < -0.39 is 10.0 Å². The van der Waals surface area contributed by atoms with E-state index in [4.69, 9.17) is 0 Å². The molecule has 2 rings (SSSR count). The molecule has 1 aromatic rings. The molecule has 1 fully saturated rings. The molecule has 1 aromatic heterocycles. The molecule has 0 atom stereocenters. The number of sulfonamides is 1. The van der Waals surface area contributed by atoms with Crippen LogP contribution in [0.4, 0.5) is 5.82 Å². The first kappa shape index (κ1) is 16.5. The summed E-state index contributed by atoms with van der Waals surface area (Å²) in [5, 5.41) is 1.20. The largest absolute Gasteiger partial charge is 0.354 e. The number of allylic oxidation sites excluding steroid dienone is 1. The van der Waals surface area contributed by atoms with Gasteiger partial charge in [-0.25, -0.2) is 13.4 Å². The first-order valence-electron chi connectivity index (χ1n) is 7.44. The predicted octanol–water partition coefficient (Wildman–Crippen LogP) is 1.85. The summed E-state index contributed by atoms with van der Waals surface area (Å²) in [6.45, 7) is 4.25. The van der Waals surface area contributed by atoms with E-state index in [1.54, 1.807) is 6.20 Å². The zero-order valence-corrected chi connectivity index (χ0v) is 13.6. The standard InChI is InChI=1S/C16H21N3O2S/c1-2-3-4-5-8-15-22(20,21)19-13-11-18(12-14-19)16-9-6-7-10-17-16/h6-10,15H,2-3,11-14H2,1H3/b15-8+. The normalized spacial score (nSPS) is 16.5. The topological polar surface area (TPSA) is 53.5 Å². The van der Waals surface area contributed by atoms with Crippen molar-refractivity contribution in [1.82, 2.24) is 9.29 Å². The van der Waals surface area contributed by atoms with E-state index in [9.17, 15) is 8.42 Å². The molecule has 6 heteroatoms. The van der Waals surface area contributed by atoms with Gasteiger partial charge in [0.25, 0.3) is 0 Å². The molecular formula is C16H21N3O2S. The summed E-state index contributed by atoms with van der Waals surface area (Å²) in [5.41, 5.74) is 0. The highest BCUT2D eigenvalue weighted by molar-refractivity contribution is 7.92. The number of anilines is 1. The fraction of sp³-hybridized carbons (Fsp3) is 0.438. The smallest absolute Gasteiger partial charge is 0.236 e. The number of unbranched alkanes of at least 4 members (excludes halogenated alkanes) is 1. The van der Waals surface area contributed by atoms with Crippen molar-refractivity contribution in [2.24, 2.45) is 0 Å². The van der Waals surface area contributed by atoms with Gasteiger partial charge in [0.2, 0.25) is 10.0 Å². The minimum Gasteiger partial charge on any atom is -0.354 e. The summed E-state index contributed by atoms with van der Waals surface area (Å²) in [4.78, 5) is 6.39. The molecule has 0 aliphatic carbocycles. The molecule has 0 N–H and O–H groups in total. The third-order valence-corrected chi connectivity index (χ3v) is 4.94. The zero-order valence-electron chi connectivity index (χ0n) is 12.8. The van der Waals surface area contributed by atoms with E-state index in [0.29, 0.717) is 26.2 Å². The van der Waals surface area contributed by atoms with Crippen LogP contribution in [0, 0.1) is 11.8 Å². The van der Waals surface area contributed by atoms with E-state index in [1.165, 1.54) is 15.8 Å². The Morgan fingerprint density at radius 2 is 2.05 bits per heavy atom. The summed E-state index contributed by atoms with van der Waals surface area (Å²) < 4.78 is 25.9. The monoisotopic (exact) mass is 319 g/mol. The summed E-state index contributed by atoms with van der Waals surface area (Å²) in [7, 11) is -3.37. The molecular weight excluding hydrogens is 298 g/mol. The van der Waals surface area contributed by atoms with Crippen LogP contribution in [0.3, 0.4) is 0 Å². The van der Waals surface area contributed by atoms with Crippen molar-refractivity contribution in [3.8, 4) is 11.8 Å². The number of hydrogen-bond donors (Lipinski definition) is 0. The number of pyridine rings is 1. The van der Waals surface area contributed by atoms with Gasteiger partial charge < -0.3 is 4.90 Å². The van der Waals surface area contributed by atoms with E-state index in [0.717, 1.165) is 18.7 Å². The average molecular weight is 319 g/mol. The fourth-order valence-corrected chi connectivity index (χ4v) is 3.26. The van der Waals surface area contributed by atoms with Gasteiger partial charge in [0, 0.05) is 44.9 Å². The molecule has 0 bridgehead atoms. The van der Waals surface area contributed by atoms with Gasteiger partial charge in [0.05, 0.1) is 5.41 Å². The number of nitrogens with zero attached hydrogens (tertiary/aromatic N) is 3. The van der Waals surface area contributed by atoms with Crippen molar-refractivity contribution in [2.45, 2.75) is 19.8 Å². The third-order valence-electron chi connectivity index (χ3n) is 3.37. The lowest BCUT2D eigenvalue weighted by atomic mass is 10.3. The SMILES string of the molecule is CCCC#C/C=C/S(=O)(=O)N1CCN(c2ccccn2)CC1. The molecule has 0 amide bonds. The molecule has 1 saturated heterocycles. The number of aromatic nitrogens is 1. The molecule has 118 valence electrons. The Morgan fingerprint density at radius 3 is 2.68 bits per heavy atom. The highest BCUT2D eigenvalue weighted by Crippen LogP contribution is 2.15. The van der Waals surface area contributed by atoms with E-state index in [1.807, 2.05) is 25.1 Å². The van der Waals surface area contributed by atoms with Gasteiger partial charge in [-0.3, -0.25) is 0 Å². The predicted molar refractivity (Wildman–Crippen MR) is 88.8 cm³/mol. The van der Waals surface area contributed by atoms with Crippen LogP contribution in [-0.4, -0.2) is 43.9 Å². The van der Waals surface area contributed by atoms with Gasteiger partial charge >= 0.3 is 0 Å². The van der Waals surface area contributed by atoms with Crippen molar-refractivity contribution in [3.05, 3.63) is 35.9 Å². The van der Waals surface area contributed by atoms with Crippen LogP contribution in [-0.2, 0) is 10.0 Å². The number of piperazine rings is 1. The minimum absolute atomic E-state index is 0.464. The first-order valence-corrected chi connectivity index (χ1v) is 8.95. The minimum atomic E-state index is -3.37. The Bertz CT molecular complexity index is 652. The first-order chi connectivity index (χ1) is 10.6. The van der Waals surface area contributed by atoms with Crippen molar-refractivity contribution < 1.29 is 8.42 Å². The van der Waals surface area contributed by atoms with Gasteiger partial charge in [-0.2, -0.15) is 4.31 Å². The molecule has 22 heavy (non-hydrogen) atoms. The molecule has 5 nitrogen and oxygen atoms in total. The third kappa shape index (κ3) is 4.58. The Hall–Kier alpha value is -1.84. The van der Waals surface area contributed by atoms with E-state index in [-0.39, 0.29) is 0 Å². The van der Waals surface area contributed by atoms with Crippen molar-refractivity contribution in [3.63, 3.8) is 0 Å². The van der Waals surface area contributed by atoms with Crippen LogP contribution in [0.2, 0.25) is 0 Å². The highest BCUT2D eigenvalue weighted by atomic mass is 32.2. The van der Waals surface area contributed by atoms with Crippen LogP contribution in [0.25, 0.3) is 0 Å². The van der Waals surface area contributed by atoms with Gasteiger partial charge in [-0.1, -0.05) is 24.8 Å². The van der Waals surface area contributed by atoms with E-state index >= 15 is 0 Å². The summed E-state index contributed by atoms with van der Waals surface area (Å²) in [5.74, 6) is 6.55. The van der Waals surface area contributed by atoms with Crippen molar-refractivity contribution >= 4 is 15.8 Å². The molecule has 0 unspecified atom stereocenters. The zero-order chi connectivity index (χ0) is 15.8. The van der Waals surface area contributed by atoms with Gasteiger partial charge in [-0.15, -0.1) is 0 Å². The molecule has 1 aliphatic rings. The molecule has 1 aliphatic heterocycles. The quantitative estimate of drug-likeness (QED) is 0.795. The van der Waals surface area contributed by atoms with Crippen LogP contribution >= 0.6 is 0 Å². The van der Waals surface area contributed by atoms with Gasteiger partial charge in [0.1, 0.15) is 5.82 Å². The highest BCUT2D eigenvalue weighted by Gasteiger charge is 2.25. The number of hydrogen-bond acceptors (Lipinski definition) is 4. The Labute approximate surface area is 132 Å². The average Bonchev–Trinajstić information content (AvgIpc) is 2.55. The maximum Gasteiger partial charge on any atom is 0.236 e. The Balaban J connectivity index is 1.92. The second-order valence-electron chi connectivity index (χ2n) is 4.99.